The van der Waals surface area contributed by atoms with E-state index < -0.39 is 0 Å². The molecule has 6 heteroatoms. The van der Waals surface area contributed by atoms with E-state index in [1.165, 1.54) is 0 Å². The predicted molar refractivity (Wildman–Crippen MR) is 83.4 cm³/mol. The average molecular weight is 291 g/mol. The van der Waals surface area contributed by atoms with E-state index in [9.17, 15) is 4.79 Å². The van der Waals surface area contributed by atoms with Gasteiger partial charge < -0.3 is 10.2 Å². The monoisotopic (exact) mass is 291 g/mol. The molecule has 6 nitrogen and oxygen atoms in total. The Morgan fingerprint density at radius 2 is 1.95 bits per heavy atom. The van der Waals surface area contributed by atoms with E-state index in [0.717, 1.165) is 39.1 Å². The second kappa shape index (κ2) is 7.36. The first-order valence-corrected chi connectivity index (χ1v) is 7.75. The van der Waals surface area contributed by atoms with Gasteiger partial charge in [-0.2, -0.15) is 0 Å². The van der Waals surface area contributed by atoms with Crippen LogP contribution < -0.4 is 5.32 Å². The number of nitrogens with one attached hydrogen (secondary N) is 1. The lowest BCUT2D eigenvalue weighted by Gasteiger charge is -2.37. The molecule has 1 atom stereocenters. The van der Waals surface area contributed by atoms with E-state index in [1.807, 2.05) is 11.8 Å². The fourth-order valence-electron chi connectivity index (χ4n) is 2.50. The molecule has 1 unspecified atom stereocenters. The Hall–Kier alpha value is -1.69. The Morgan fingerprint density at radius 1 is 1.24 bits per heavy atom. The molecule has 0 aromatic carbocycles. The van der Waals surface area contributed by atoms with E-state index in [0.29, 0.717) is 17.6 Å². The number of carbonyl (C=O) groups is 1. The molecule has 0 radical (unpaired) electrons. The van der Waals surface area contributed by atoms with Gasteiger partial charge in [-0.1, -0.05) is 6.92 Å². The number of hydrogen-bond acceptors (Lipinski definition) is 5. The fraction of sp³-hybridized carbons (Fsp3) is 0.667. The van der Waals surface area contributed by atoms with Gasteiger partial charge >= 0.3 is 0 Å². The lowest BCUT2D eigenvalue weighted by molar-refractivity contribution is 0.0574. The molecule has 1 aromatic rings. The second-order valence-electron chi connectivity index (χ2n) is 5.40. The number of amides is 1. The van der Waals surface area contributed by atoms with E-state index in [-0.39, 0.29) is 5.91 Å². The SMILES string of the molecule is CCNc1cnc(C(=O)N2CCN(C(C)CC)CC2)cn1. The summed E-state index contributed by atoms with van der Waals surface area (Å²) in [5.74, 6) is 0.685. The van der Waals surface area contributed by atoms with E-state index in [4.69, 9.17) is 0 Å². The van der Waals surface area contributed by atoms with Gasteiger partial charge in [-0.3, -0.25) is 9.69 Å². The normalized spacial score (nSPS) is 17.6. The molecule has 1 amide bonds. The largest absolute Gasteiger partial charge is 0.369 e. The molecule has 1 aromatic heterocycles. The second-order valence-corrected chi connectivity index (χ2v) is 5.40. The third-order valence-electron chi connectivity index (χ3n) is 4.04. The van der Waals surface area contributed by atoms with Crippen molar-refractivity contribution >= 4 is 11.7 Å². The Morgan fingerprint density at radius 3 is 2.48 bits per heavy atom. The molecule has 1 aliphatic heterocycles. The summed E-state index contributed by atoms with van der Waals surface area (Å²) in [6, 6.07) is 0.585. The van der Waals surface area contributed by atoms with Crippen molar-refractivity contribution < 1.29 is 4.79 Å². The highest BCUT2D eigenvalue weighted by Crippen LogP contribution is 2.11. The van der Waals surface area contributed by atoms with Crippen LogP contribution in [0.1, 0.15) is 37.7 Å². The van der Waals surface area contributed by atoms with Gasteiger partial charge in [-0.25, -0.2) is 9.97 Å². The van der Waals surface area contributed by atoms with Crippen molar-refractivity contribution in [3.63, 3.8) is 0 Å². The lowest BCUT2D eigenvalue weighted by Crippen LogP contribution is -2.51. The van der Waals surface area contributed by atoms with Gasteiger partial charge in [0.15, 0.2) is 0 Å². The zero-order chi connectivity index (χ0) is 15.2. The van der Waals surface area contributed by atoms with Crippen LogP contribution in [0.2, 0.25) is 0 Å². The molecule has 0 saturated carbocycles. The van der Waals surface area contributed by atoms with Crippen molar-refractivity contribution in [2.45, 2.75) is 33.2 Å². The first kappa shape index (κ1) is 15.7. The van der Waals surface area contributed by atoms with Crippen LogP contribution in [0.15, 0.2) is 12.4 Å². The quantitative estimate of drug-likeness (QED) is 0.890. The maximum absolute atomic E-state index is 12.4. The average Bonchev–Trinajstić information content (AvgIpc) is 2.54. The summed E-state index contributed by atoms with van der Waals surface area (Å²) in [5, 5.41) is 3.07. The van der Waals surface area contributed by atoms with Crippen molar-refractivity contribution in [2.75, 3.05) is 38.0 Å². The standard InChI is InChI=1S/C15H25N5O/c1-4-12(3)19-6-8-20(9-7-19)15(21)13-10-18-14(11-17-13)16-5-2/h10-12H,4-9H2,1-3H3,(H,16,18). The van der Waals surface area contributed by atoms with Crippen LogP contribution in [0, 0.1) is 0 Å². The van der Waals surface area contributed by atoms with Crippen molar-refractivity contribution in [3.8, 4) is 0 Å². The molecule has 1 aliphatic rings. The molecule has 2 heterocycles. The molecule has 0 aliphatic carbocycles. The predicted octanol–water partition coefficient (Wildman–Crippen LogP) is 1.46. The van der Waals surface area contributed by atoms with Crippen molar-refractivity contribution in [1.29, 1.82) is 0 Å². The molecule has 0 bridgehead atoms. The van der Waals surface area contributed by atoms with Gasteiger partial charge in [0.2, 0.25) is 0 Å². The molecule has 1 saturated heterocycles. The summed E-state index contributed by atoms with van der Waals surface area (Å²) in [5.41, 5.74) is 0.425. The van der Waals surface area contributed by atoms with Crippen molar-refractivity contribution in [2.24, 2.45) is 0 Å². The minimum atomic E-state index is -0.0191. The van der Waals surface area contributed by atoms with Crippen LogP contribution in [-0.2, 0) is 0 Å². The third kappa shape index (κ3) is 3.91. The number of hydrogen-bond donors (Lipinski definition) is 1. The van der Waals surface area contributed by atoms with Crippen LogP contribution >= 0.6 is 0 Å². The maximum atomic E-state index is 12.4. The first-order chi connectivity index (χ1) is 10.2. The topological polar surface area (TPSA) is 61.4 Å². The van der Waals surface area contributed by atoms with Gasteiger partial charge in [0.05, 0.1) is 12.4 Å². The molecule has 116 valence electrons. The number of anilines is 1. The summed E-state index contributed by atoms with van der Waals surface area (Å²) >= 11 is 0. The highest BCUT2D eigenvalue weighted by molar-refractivity contribution is 5.92. The van der Waals surface area contributed by atoms with E-state index in [2.05, 4.69) is 34.0 Å². The number of aromatic nitrogens is 2. The molecular weight excluding hydrogens is 266 g/mol. The summed E-state index contributed by atoms with van der Waals surface area (Å²) < 4.78 is 0. The Kier molecular flexibility index (Phi) is 5.50. The third-order valence-corrected chi connectivity index (χ3v) is 4.04. The molecular formula is C15H25N5O. The molecule has 21 heavy (non-hydrogen) atoms. The van der Waals surface area contributed by atoms with Crippen LogP contribution in [-0.4, -0.2) is 64.4 Å². The van der Waals surface area contributed by atoms with Crippen molar-refractivity contribution in [1.82, 2.24) is 19.8 Å². The van der Waals surface area contributed by atoms with E-state index >= 15 is 0 Å². The van der Waals surface area contributed by atoms with Gasteiger partial charge in [0.1, 0.15) is 11.5 Å². The summed E-state index contributed by atoms with van der Waals surface area (Å²) in [6.45, 7) is 10.6. The Balaban J connectivity index is 1.92. The Bertz CT molecular complexity index is 454. The highest BCUT2D eigenvalue weighted by Gasteiger charge is 2.24. The molecule has 1 N–H and O–H groups in total. The molecule has 2 rings (SSSR count). The van der Waals surface area contributed by atoms with Gasteiger partial charge in [0, 0.05) is 38.8 Å². The van der Waals surface area contributed by atoms with Crippen LogP contribution in [0.4, 0.5) is 5.82 Å². The number of piperazine rings is 1. The highest BCUT2D eigenvalue weighted by atomic mass is 16.2. The lowest BCUT2D eigenvalue weighted by atomic mass is 10.2. The molecule has 0 spiro atoms. The van der Waals surface area contributed by atoms with Crippen LogP contribution in [0.5, 0.6) is 0 Å². The Labute approximate surface area is 126 Å². The van der Waals surface area contributed by atoms with Gasteiger partial charge in [0.25, 0.3) is 5.91 Å². The number of carbonyl (C=O) groups excluding carboxylic acids is 1. The zero-order valence-electron chi connectivity index (χ0n) is 13.2. The first-order valence-electron chi connectivity index (χ1n) is 7.75. The van der Waals surface area contributed by atoms with Crippen LogP contribution in [0.3, 0.4) is 0 Å². The van der Waals surface area contributed by atoms with Gasteiger partial charge in [-0.05, 0) is 20.3 Å². The number of nitrogens with zero attached hydrogens (tertiary/aromatic N) is 4. The number of rotatable bonds is 5. The molecule has 1 fully saturated rings. The van der Waals surface area contributed by atoms with Crippen LogP contribution in [0.25, 0.3) is 0 Å². The maximum Gasteiger partial charge on any atom is 0.274 e. The summed E-state index contributed by atoms with van der Waals surface area (Å²) in [7, 11) is 0. The minimum Gasteiger partial charge on any atom is -0.369 e. The fourth-order valence-corrected chi connectivity index (χ4v) is 2.50. The van der Waals surface area contributed by atoms with Crippen molar-refractivity contribution in [3.05, 3.63) is 18.1 Å². The van der Waals surface area contributed by atoms with E-state index in [1.54, 1.807) is 12.4 Å². The zero-order valence-corrected chi connectivity index (χ0v) is 13.2. The summed E-state index contributed by atoms with van der Waals surface area (Å²) in [6.07, 6.45) is 4.32. The van der Waals surface area contributed by atoms with Gasteiger partial charge in [-0.15, -0.1) is 0 Å². The smallest absolute Gasteiger partial charge is 0.274 e. The summed E-state index contributed by atoms with van der Waals surface area (Å²) in [4.78, 5) is 25.1. The minimum absolute atomic E-state index is 0.0191.